The SMILES string of the molecule is CC1(c2ccccc2)N([O-])c2ccccc2[N+]1=O. The van der Waals surface area contributed by atoms with Crippen LogP contribution in [0.25, 0.3) is 0 Å². The van der Waals surface area contributed by atoms with Gasteiger partial charge < -0.3 is 10.3 Å². The van der Waals surface area contributed by atoms with Crippen LogP contribution in [-0.4, -0.2) is 4.76 Å². The standard InChI is InChI=1S/C14H12N2O2/c1-14(11-7-3-2-4-8-11)15(17)12-9-5-6-10-13(12)16(14)18/h2-10H,1H3. The van der Waals surface area contributed by atoms with Crippen molar-refractivity contribution < 1.29 is 4.76 Å². The summed E-state index contributed by atoms with van der Waals surface area (Å²) >= 11 is 0. The van der Waals surface area contributed by atoms with Crippen molar-refractivity contribution in [3.8, 4) is 0 Å². The lowest BCUT2D eigenvalue weighted by atomic mass is 10.0. The van der Waals surface area contributed by atoms with E-state index in [4.69, 9.17) is 0 Å². The zero-order valence-electron chi connectivity index (χ0n) is 9.91. The third-order valence-electron chi connectivity index (χ3n) is 3.43. The number of rotatable bonds is 1. The summed E-state index contributed by atoms with van der Waals surface area (Å²) in [4.78, 5) is 12.4. The van der Waals surface area contributed by atoms with Gasteiger partial charge in [-0.2, -0.15) is 0 Å². The van der Waals surface area contributed by atoms with E-state index >= 15 is 0 Å². The number of nitroso groups, excluding NO2 is 1. The van der Waals surface area contributed by atoms with Crippen LogP contribution in [0, 0.1) is 10.1 Å². The predicted molar refractivity (Wildman–Crippen MR) is 69.4 cm³/mol. The summed E-state index contributed by atoms with van der Waals surface area (Å²) in [6.45, 7) is 1.64. The van der Waals surface area contributed by atoms with Crippen LogP contribution in [0.5, 0.6) is 0 Å². The molecule has 1 aliphatic heterocycles. The average molecular weight is 240 g/mol. The Balaban J connectivity index is 2.20. The first-order chi connectivity index (χ1) is 8.65. The van der Waals surface area contributed by atoms with Gasteiger partial charge in [0.2, 0.25) is 0 Å². The normalized spacial score (nSPS) is 22.1. The van der Waals surface area contributed by atoms with E-state index in [0.29, 0.717) is 16.9 Å². The quantitative estimate of drug-likeness (QED) is 0.718. The molecular weight excluding hydrogens is 228 g/mol. The van der Waals surface area contributed by atoms with Gasteiger partial charge in [-0.15, -0.1) is 0 Å². The van der Waals surface area contributed by atoms with Gasteiger partial charge in [-0.3, -0.25) is 0 Å². The third-order valence-corrected chi connectivity index (χ3v) is 3.43. The van der Waals surface area contributed by atoms with Crippen LogP contribution in [0.1, 0.15) is 12.5 Å². The fourth-order valence-electron chi connectivity index (χ4n) is 2.35. The smallest absolute Gasteiger partial charge is 0.306 e. The lowest BCUT2D eigenvalue weighted by Crippen LogP contribution is -2.42. The second-order valence-electron chi connectivity index (χ2n) is 4.46. The molecule has 0 saturated heterocycles. The van der Waals surface area contributed by atoms with Crippen LogP contribution in [0.3, 0.4) is 0 Å². The van der Waals surface area contributed by atoms with E-state index in [9.17, 15) is 10.1 Å². The molecule has 0 saturated carbocycles. The van der Waals surface area contributed by atoms with Crippen molar-refractivity contribution in [2.75, 3.05) is 5.06 Å². The van der Waals surface area contributed by atoms with Crippen molar-refractivity contribution in [3.05, 3.63) is 70.3 Å². The summed E-state index contributed by atoms with van der Waals surface area (Å²) in [7, 11) is 0. The van der Waals surface area contributed by atoms with Gasteiger partial charge in [0.1, 0.15) is 5.69 Å². The molecule has 2 aromatic rings. The summed E-state index contributed by atoms with van der Waals surface area (Å²) in [6.07, 6.45) is 0. The molecule has 3 rings (SSSR count). The van der Waals surface area contributed by atoms with Crippen molar-refractivity contribution in [1.29, 1.82) is 0 Å². The molecular formula is C14H12N2O2. The molecule has 0 aliphatic carbocycles. The number of para-hydroxylation sites is 2. The first-order valence-corrected chi connectivity index (χ1v) is 5.75. The second kappa shape index (κ2) is 3.65. The maximum Gasteiger partial charge on any atom is 0.306 e. The minimum absolute atomic E-state index is 0.416. The highest BCUT2D eigenvalue weighted by atomic mass is 16.5. The van der Waals surface area contributed by atoms with E-state index in [2.05, 4.69) is 0 Å². The number of benzene rings is 2. The van der Waals surface area contributed by atoms with Gasteiger partial charge in [-0.25, -0.2) is 0 Å². The van der Waals surface area contributed by atoms with Crippen LogP contribution < -0.4 is 5.06 Å². The molecule has 1 unspecified atom stereocenters. The molecule has 0 spiro atoms. The molecule has 1 aliphatic rings. The molecule has 0 radical (unpaired) electrons. The lowest BCUT2D eigenvalue weighted by molar-refractivity contribution is -0.546. The summed E-state index contributed by atoms with van der Waals surface area (Å²) in [5.74, 6) is 0. The monoisotopic (exact) mass is 240 g/mol. The van der Waals surface area contributed by atoms with E-state index in [1.807, 2.05) is 18.2 Å². The van der Waals surface area contributed by atoms with Gasteiger partial charge in [0.25, 0.3) is 5.69 Å². The van der Waals surface area contributed by atoms with E-state index < -0.39 is 5.66 Å². The summed E-state index contributed by atoms with van der Waals surface area (Å²) in [5.41, 5.74) is 0.286. The first kappa shape index (κ1) is 10.9. The predicted octanol–water partition coefficient (Wildman–Crippen LogP) is 3.29. The van der Waals surface area contributed by atoms with Crippen molar-refractivity contribution in [1.82, 2.24) is 0 Å². The molecule has 2 aromatic carbocycles. The molecule has 1 atom stereocenters. The number of hydrogen-bond acceptors (Lipinski definition) is 3. The van der Waals surface area contributed by atoms with Crippen LogP contribution in [-0.2, 0) is 5.66 Å². The minimum Gasteiger partial charge on any atom is -0.753 e. The van der Waals surface area contributed by atoms with Gasteiger partial charge in [0.15, 0.2) is 0 Å². The van der Waals surface area contributed by atoms with Crippen molar-refractivity contribution in [3.63, 3.8) is 0 Å². The number of anilines is 1. The van der Waals surface area contributed by atoms with E-state index in [0.717, 1.165) is 9.82 Å². The largest absolute Gasteiger partial charge is 0.753 e. The molecule has 4 heteroatoms. The Bertz CT molecular complexity index is 612. The van der Waals surface area contributed by atoms with Gasteiger partial charge >= 0.3 is 5.66 Å². The molecule has 0 aromatic heterocycles. The fraction of sp³-hybridized carbons (Fsp3) is 0.143. The number of nitrogens with zero attached hydrogens (tertiary/aromatic N) is 2. The second-order valence-corrected chi connectivity index (χ2v) is 4.46. The van der Waals surface area contributed by atoms with Crippen LogP contribution in [0.2, 0.25) is 0 Å². The topological polar surface area (TPSA) is 46.4 Å². The summed E-state index contributed by atoms with van der Waals surface area (Å²) in [6, 6.07) is 15.9. The molecule has 0 amide bonds. The molecule has 18 heavy (non-hydrogen) atoms. The van der Waals surface area contributed by atoms with Crippen LogP contribution >= 0.6 is 0 Å². The van der Waals surface area contributed by atoms with E-state index in [1.165, 1.54) is 0 Å². The van der Waals surface area contributed by atoms with Crippen molar-refractivity contribution in [2.45, 2.75) is 12.6 Å². The van der Waals surface area contributed by atoms with Gasteiger partial charge in [0.05, 0.1) is 4.76 Å². The maximum atomic E-state index is 12.4. The van der Waals surface area contributed by atoms with E-state index in [-0.39, 0.29) is 0 Å². The number of fused-ring (bicyclic) bond motifs is 1. The maximum absolute atomic E-state index is 12.4. The lowest BCUT2D eigenvalue weighted by Gasteiger charge is -2.33. The Morgan fingerprint density at radius 2 is 1.67 bits per heavy atom. The fourth-order valence-corrected chi connectivity index (χ4v) is 2.35. The molecule has 1 heterocycles. The van der Waals surface area contributed by atoms with Crippen molar-refractivity contribution >= 4 is 11.4 Å². The molecule has 90 valence electrons. The van der Waals surface area contributed by atoms with Crippen molar-refractivity contribution in [2.24, 2.45) is 0 Å². The minimum atomic E-state index is -1.23. The number of hydroxylamine groups is 1. The van der Waals surface area contributed by atoms with Crippen LogP contribution in [0.15, 0.2) is 54.6 Å². The van der Waals surface area contributed by atoms with Gasteiger partial charge in [-0.1, -0.05) is 30.3 Å². The highest BCUT2D eigenvalue weighted by Gasteiger charge is 2.53. The third kappa shape index (κ3) is 1.23. The van der Waals surface area contributed by atoms with Crippen LogP contribution in [0.4, 0.5) is 11.4 Å². The van der Waals surface area contributed by atoms with E-state index in [1.54, 1.807) is 43.3 Å². The van der Waals surface area contributed by atoms with Gasteiger partial charge in [0, 0.05) is 23.5 Å². The molecule has 0 N–H and O–H groups in total. The summed E-state index contributed by atoms with van der Waals surface area (Å²) in [5, 5.41) is 13.2. The average Bonchev–Trinajstić information content (AvgIpc) is 2.64. The zero-order valence-corrected chi connectivity index (χ0v) is 9.91. The Morgan fingerprint density at radius 3 is 2.33 bits per heavy atom. The highest BCUT2D eigenvalue weighted by Crippen LogP contribution is 2.47. The molecule has 4 nitrogen and oxygen atoms in total. The molecule has 0 fully saturated rings. The zero-order chi connectivity index (χ0) is 12.8. The van der Waals surface area contributed by atoms with Gasteiger partial charge in [-0.05, 0) is 18.2 Å². The summed E-state index contributed by atoms with van der Waals surface area (Å²) < 4.78 is 0.782. The number of hydrogen-bond donors (Lipinski definition) is 0. The highest BCUT2D eigenvalue weighted by molar-refractivity contribution is 5.68. The Morgan fingerprint density at radius 1 is 1.06 bits per heavy atom. The molecule has 0 bridgehead atoms. The Hall–Kier alpha value is -2.20. The Kier molecular flexibility index (Phi) is 2.21. The first-order valence-electron chi connectivity index (χ1n) is 5.75. The Labute approximate surface area is 105 Å².